The van der Waals surface area contributed by atoms with Gasteiger partial charge in [-0.05, 0) is 30.2 Å². The standard InChI is InChI=1S/C27H23N3O6/c1-2-3-14-34-23-7-5-4-6-21(23)27(31)35-19-12-13-20-24(15-19)36-26(29)22(16-28)25(20)17-8-10-18(11-9-17)30(32)33/h4-13,15,25H,2-3,14,29H2,1H3. The summed E-state index contributed by atoms with van der Waals surface area (Å²) in [5, 5.41) is 20.7. The Morgan fingerprint density at radius 2 is 1.92 bits per heavy atom. The maximum atomic E-state index is 12.9. The maximum Gasteiger partial charge on any atom is 0.347 e. The molecule has 1 heterocycles. The number of para-hydroxylation sites is 1. The van der Waals surface area contributed by atoms with Crippen LogP contribution in [0.1, 0.15) is 47.2 Å². The number of non-ortho nitro benzene ring substituents is 1. The van der Waals surface area contributed by atoms with Gasteiger partial charge in [0.2, 0.25) is 5.88 Å². The Kier molecular flexibility index (Phi) is 7.16. The third kappa shape index (κ3) is 4.98. The quantitative estimate of drug-likeness (QED) is 0.151. The molecule has 0 radical (unpaired) electrons. The predicted octanol–water partition coefficient (Wildman–Crippen LogP) is 5.21. The molecule has 0 aromatic heterocycles. The first-order chi connectivity index (χ1) is 17.4. The average Bonchev–Trinajstić information content (AvgIpc) is 2.88. The molecule has 3 aromatic carbocycles. The molecule has 4 rings (SSSR count). The van der Waals surface area contributed by atoms with Crippen molar-refractivity contribution in [3.8, 4) is 23.3 Å². The van der Waals surface area contributed by atoms with E-state index in [0.29, 0.717) is 34.8 Å². The number of fused-ring (bicyclic) bond motifs is 1. The molecule has 36 heavy (non-hydrogen) atoms. The molecule has 182 valence electrons. The number of esters is 1. The van der Waals surface area contributed by atoms with Crippen LogP contribution < -0.4 is 19.9 Å². The van der Waals surface area contributed by atoms with Gasteiger partial charge in [-0.1, -0.05) is 43.7 Å². The Morgan fingerprint density at radius 1 is 1.17 bits per heavy atom. The number of nitrogens with two attached hydrogens (primary N) is 1. The highest BCUT2D eigenvalue weighted by atomic mass is 16.6. The summed E-state index contributed by atoms with van der Waals surface area (Å²) in [6.07, 6.45) is 1.83. The Labute approximate surface area is 207 Å². The topological polar surface area (TPSA) is 138 Å². The number of unbranched alkanes of at least 4 members (excludes halogenated alkanes) is 1. The van der Waals surface area contributed by atoms with Crippen molar-refractivity contribution < 1.29 is 23.9 Å². The molecule has 0 spiro atoms. The highest BCUT2D eigenvalue weighted by Gasteiger charge is 2.31. The molecule has 0 saturated heterocycles. The van der Waals surface area contributed by atoms with E-state index in [1.807, 2.05) is 0 Å². The SMILES string of the molecule is CCCCOc1ccccc1C(=O)Oc1ccc2c(c1)OC(N)=C(C#N)C2c1ccc([N+](=O)[O-])cc1. The first-order valence-electron chi connectivity index (χ1n) is 11.3. The van der Waals surface area contributed by atoms with Crippen LogP contribution in [0.4, 0.5) is 5.69 Å². The number of hydrogen-bond acceptors (Lipinski definition) is 8. The zero-order chi connectivity index (χ0) is 25.7. The largest absolute Gasteiger partial charge is 0.493 e. The van der Waals surface area contributed by atoms with Crippen molar-refractivity contribution in [2.24, 2.45) is 5.73 Å². The molecule has 9 heteroatoms. The molecule has 0 aliphatic carbocycles. The van der Waals surface area contributed by atoms with Crippen LogP contribution in [-0.2, 0) is 0 Å². The molecule has 9 nitrogen and oxygen atoms in total. The lowest BCUT2D eigenvalue weighted by molar-refractivity contribution is -0.384. The van der Waals surface area contributed by atoms with Crippen LogP contribution in [0.2, 0.25) is 0 Å². The van der Waals surface area contributed by atoms with Crippen LogP contribution in [-0.4, -0.2) is 17.5 Å². The highest BCUT2D eigenvalue weighted by Crippen LogP contribution is 2.43. The lowest BCUT2D eigenvalue weighted by atomic mass is 9.83. The first-order valence-corrected chi connectivity index (χ1v) is 11.3. The number of nitriles is 1. The molecule has 1 aliphatic heterocycles. The Hall–Kier alpha value is -4.84. The second-order valence-electron chi connectivity index (χ2n) is 8.06. The number of nitro groups is 1. The van der Waals surface area contributed by atoms with Crippen LogP contribution in [0.15, 0.2) is 78.2 Å². The van der Waals surface area contributed by atoms with Crippen LogP contribution >= 0.6 is 0 Å². The monoisotopic (exact) mass is 485 g/mol. The van der Waals surface area contributed by atoms with E-state index in [4.69, 9.17) is 19.9 Å². The second-order valence-corrected chi connectivity index (χ2v) is 8.06. The summed E-state index contributed by atoms with van der Waals surface area (Å²) >= 11 is 0. The minimum atomic E-state index is -0.600. The van der Waals surface area contributed by atoms with Gasteiger partial charge in [-0.3, -0.25) is 10.1 Å². The summed E-state index contributed by atoms with van der Waals surface area (Å²) in [5.41, 5.74) is 7.68. The van der Waals surface area contributed by atoms with Gasteiger partial charge in [0.15, 0.2) is 0 Å². The normalized spacial score (nSPS) is 14.3. The molecule has 0 amide bonds. The summed E-state index contributed by atoms with van der Waals surface area (Å²) in [7, 11) is 0. The lowest BCUT2D eigenvalue weighted by Gasteiger charge is -2.26. The summed E-state index contributed by atoms with van der Waals surface area (Å²) in [6, 6.07) is 19.6. The fourth-order valence-corrected chi connectivity index (χ4v) is 3.88. The third-order valence-electron chi connectivity index (χ3n) is 5.70. The zero-order valence-corrected chi connectivity index (χ0v) is 19.5. The van der Waals surface area contributed by atoms with Crippen molar-refractivity contribution in [3.63, 3.8) is 0 Å². The van der Waals surface area contributed by atoms with Gasteiger partial charge >= 0.3 is 5.97 Å². The van der Waals surface area contributed by atoms with Crippen LogP contribution in [0.25, 0.3) is 0 Å². The van der Waals surface area contributed by atoms with E-state index in [9.17, 15) is 20.2 Å². The average molecular weight is 485 g/mol. The molecule has 1 unspecified atom stereocenters. The van der Waals surface area contributed by atoms with E-state index in [0.717, 1.165) is 12.8 Å². The highest BCUT2D eigenvalue weighted by molar-refractivity contribution is 5.94. The summed E-state index contributed by atoms with van der Waals surface area (Å²) in [5.74, 6) is -0.311. The van der Waals surface area contributed by atoms with Crippen molar-refractivity contribution in [2.45, 2.75) is 25.7 Å². The number of allylic oxidation sites excluding steroid dienone is 1. The fraction of sp³-hybridized carbons (Fsp3) is 0.185. The van der Waals surface area contributed by atoms with Gasteiger partial charge < -0.3 is 19.9 Å². The lowest BCUT2D eigenvalue weighted by Crippen LogP contribution is -2.21. The van der Waals surface area contributed by atoms with E-state index in [1.54, 1.807) is 48.5 Å². The predicted molar refractivity (Wildman–Crippen MR) is 131 cm³/mol. The van der Waals surface area contributed by atoms with Crippen molar-refractivity contribution in [3.05, 3.63) is 105 Å². The molecule has 3 aromatic rings. The van der Waals surface area contributed by atoms with E-state index in [1.165, 1.54) is 18.2 Å². The Bertz CT molecular complexity index is 1380. The summed E-state index contributed by atoms with van der Waals surface area (Å²) < 4.78 is 17.0. The summed E-state index contributed by atoms with van der Waals surface area (Å²) in [4.78, 5) is 23.4. The second kappa shape index (κ2) is 10.6. The number of ether oxygens (including phenoxy) is 3. The van der Waals surface area contributed by atoms with Crippen molar-refractivity contribution in [1.29, 1.82) is 5.26 Å². The first kappa shape index (κ1) is 24.3. The van der Waals surface area contributed by atoms with Crippen LogP contribution in [0.3, 0.4) is 0 Å². The molecule has 0 saturated carbocycles. The van der Waals surface area contributed by atoms with Gasteiger partial charge in [0, 0.05) is 23.8 Å². The molecule has 2 N–H and O–H groups in total. The number of nitrogens with zero attached hydrogens (tertiary/aromatic N) is 2. The van der Waals surface area contributed by atoms with Crippen LogP contribution in [0, 0.1) is 21.4 Å². The fourth-order valence-electron chi connectivity index (χ4n) is 3.88. The molecule has 1 atom stereocenters. The molecule has 0 bridgehead atoms. The van der Waals surface area contributed by atoms with Gasteiger partial charge in [-0.15, -0.1) is 0 Å². The van der Waals surface area contributed by atoms with Gasteiger partial charge in [-0.2, -0.15) is 5.26 Å². The maximum absolute atomic E-state index is 12.9. The van der Waals surface area contributed by atoms with Crippen molar-refractivity contribution in [1.82, 2.24) is 0 Å². The van der Waals surface area contributed by atoms with Gasteiger partial charge in [0.25, 0.3) is 5.69 Å². The molecular weight excluding hydrogens is 462 g/mol. The minimum absolute atomic E-state index is 0.0669. The Balaban J connectivity index is 1.62. The Morgan fingerprint density at radius 3 is 2.61 bits per heavy atom. The number of benzene rings is 3. The molecule has 1 aliphatic rings. The van der Waals surface area contributed by atoms with Crippen molar-refractivity contribution in [2.75, 3.05) is 6.61 Å². The molecule has 0 fully saturated rings. The smallest absolute Gasteiger partial charge is 0.347 e. The number of hydrogen-bond donors (Lipinski definition) is 1. The zero-order valence-electron chi connectivity index (χ0n) is 19.5. The third-order valence-corrected chi connectivity index (χ3v) is 5.70. The van der Waals surface area contributed by atoms with Gasteiger partial charge in [0.1, 0.15) is 34.5 Å². The van der Waals surface area contributed by atoms with E-state index in [-0.39, 0.29) is 22.9 Å². The number of nitro benzene ring substituents is 1. The number of rotatable bonds is 8. The number of carbonyl (C=O) groups is 1. The molecular formula is C27H23N3O6. The van der Waals surface area contributed by atoms with Crippen LogP contribution in [0.5, 0.6) is 17.2 Å². The van der Waals surface area contributed by atoms with E-state index in [2.05, 4.69) is 13.0 Å². The number of carbonyl (C=O) groups excluding carboxylic acids is 1. The van der Waals surface area contributed by atoms with E-state index < -0.39 is 16.8 Å². The van der Waals surface area contributed by atoms with Gasteiger partial charge in [-0.25, -0.2) is 4.79 Å². The van der Waals surface area contributed by atoms with E-state index >= 15 is 0 Å². The minimum Gasteiger partial charge on any atom is -0.493 e. The van der Waals surface area contributed by atoms with Crippen molar-refractivity contribution >= 4 is 11.7 Å². The summed E-state index contributed by atoms with van der Waals surface area (Å²) in [6.45, 7) is 2.54. The van der Waals surface area contributed by atoms with Gasteiger partial charge in [0.05, 0.1) is 17.4 Å².